The summed E-state index contributed by atoms with van der Waals surface area (Å²) in [6.07, 6.45) is 43.1. The summed E-state index contributed by atoms with van der Waals surface area (Å²) in [6, 6.07) is -1.54. The van der Waals surface area contributed by atoms with Gasteiger partial charge >= 0.3 is 19.8 Å². The highest BCUT2D eigenvalue weighted by atomic mass is 31.2. The predicted octanol–water partition coefficient (Wildman–Crippen LogP) is 11.6. The van der Waals surface area contributed by atoms with E-state index in [0.717, 1.165) is 57.8 Å². The molecule has 4 N–H and O–H groups in total. The predicted molar refractivity (Wildman–Crippen MR) is 231 cm³/mol. The number of carbonyl (C=O) groups is 3. The van der Waals surface area contributed by atoms with Crippen molar-refractivity contribution in [2.24, 2.45) is 0 Å². The summed E-state index contributed by atoms with van der Waals surface area (Å²) in [4.78, 5) is 45.9. The van der Waals surface area contributed by atoms with Gasteiger partial charge in [0.25, 0.3) is 0 Å². The van der Waals surface area contributed by atoms with Gasteiger partial charge in [0.05, 0.1) is 13.2 Å². The van der Waals surface area contributed by atoms with Crippen molar-refractivity contribution in [3.63, 3.8) is 0 Å². The van der Waals surface area contributed by atoms with Gasteiger partial charge in [0, 0.05) is 12.8 Å². The third-order valence-electron chi connectivity index (χ3n) is 9.68. The van der Waals surface area contributed by atoms with Crippen LogP contribution in [0.1, 0.15) is 200 Å². The lowest BCUT2D eigenvalue weighted by Gasteiger charge is -2.18. The number of phosphoric acid groups is 1. The van der Waals surface area contributed by atoms with Gasteiger partial charge in [-0.2, -0.15) is 0 Å². The number of hydrogen-bond donors (Lipinski definition) is 4. The lowest BCUT2D eigenvalue weighted by atomic mass is 10.0. The van der Waals surface area contributed by atoms with Gasteiger partial charge in [0.15, 0.2) is 6.04 Å². The first kappa shape index (κ1) is 54.7. The normalized spacial score (nSPS) is 14.0. The fraction of sp³-hybridized carbons (Fsp3) is 0.800. The molecule has 1 amide bonds. The first-order valence-electron chi connectivity index (χ1n) is 22.5. The number of carboxylic acids is 1. The van der Waals surface area contributed by atoms with Gasteiger partial charge in [0.2, 0.25) is 5.91 Å². The van der Waals surface area contributed by atoms with Crippen LogP contribution in [0.25, 0.3) is 0 Å². The van der Waals surface area contributed by atoms with Crippen LogP contribution in [0, 0.1) is 0 Å². The third kappa shape index (κ3) is 40.3. The number of unbranched alkanes of at least 4 members (excludes halogenated alkanes) is 22. The molecule has 0 aromatic carbocycles. The van der Waals surface area contributed by atoms with Gasteiger partial charge < -0.3 is 25.2 Å². The number of nitrogens with one attached hydrogen (secondary N) is 1. The maximum atomic E-state index is 12.3. The molecule has 0 aliphatic heterocycles. The number of phosphoric ester groups is 1. The van der Waals surface area contributed by atoms with Crippen LogP contribution >= 0.6 is 7.82 Å². The quantitative estimate of drug-likeness (QED) is 0.0201. The van der Waals surface area contributed by atoms with Gasteiger partial charge in [-0.05, 0) is 51.4 Å². The Hall–Kier alpha value is -2.30. The number of hydrogen-bond acceptors (Lipinski definition) is 8. The molecule has 0 saturated heterocycles. The zero-order valence-corrected chi connectivity index (χ0v) is 36.8. The Bertz CT molecular complexity index is 1110. The van der Waals surface area contributed by atoms with Crippen molar-refractivity contribution < 1.29 is 47.8 Å². The largest absolute Gasteiger partial charge is 0.480 e. The van der Waals surface area contributed by atoms with Gasteiger partial charge in [-0.3, -0.25) is 18.6 Å². The fourth-order valence-electron chi connectivity index (χ4n) is 6.15. The average Bonchev–Trinajstić information content (AvgIpc) is 3.18. The molecule has 0 bridgehead atoms. The highest BCUT2D eigenvalue weighted by Gasteiger charge is 2.28. The van der Waals surface area contributed by atoms with Crippen LogP contribution in [0.4, 0.5) is 0 Å². The van der Waals surface area contributed by atoms with E-state index in [1.54, 1.807) is 0 Å². The summed E-state index contributed by atoms with van der Waals surface area (Å²) in [5.41, 5.74) is 0. The molecule has 0 radical (unpaired) electrons. The Morgan fingerprint density at radius 1 is 0.561 bits per heavy atom. The number of allylic oxidation sites excluding steroid dienone is 6. The van der Waals surface area contributed by atoms with Crippen molar-refractivity contribution in [3.05, 3.63) is 36.5 Å². The molecular weight excluding hydrogens is 745 g/mol. The minimum Gasteiger partial charge on any atom is -0.480 e. The lowest BCUT2D eigenvalue weighted by Crippen LogP contribution is -2.43. The first-order valence-corrected chi connectivity index (χ1v) is 24.0. The number of carbonyl (C=O) groups excluding carboxylic acids is 2. The number of aliphatic hydroxyl groups is 1. The highest BCUT2D eigenvalue weighted by molar-refractivity contribution is 7.47. The van der Waals surface area contributed by atoms with Crippen molar-refractivity contribution >= 4 is 25.7 Å². The Morgan fingerprint density at radius 2 is 0.965 bits per heavy atom. The molecule has 3 atom stereocenters. The van der Waals surface area contributed by atoms with E-state index in [2.05, 4.69) is 55.6 Å². The standard InChI is InChI=1S/C45H82NO10P/c1-3-5-7-9-11-13-15-17-18-19-20-21-22-23-24-25-27-29-31-33-35-37-44(49)54-38-41(47)39-55-57(52,53)56-40-42(45(50)51)46-43(48)36-34-32-30-28-26-16-14-12-10-8-6-4-2/h11,13,17-18,20-21,41-42,47H,3-10,12,14-16,19,22-40H2,1-2H3,(H,46,48)(H,50,51)(H,52,53)/b13-11-,18-17-,21-20-. The summed E-state index contributed by atoms with van der Waals surface area (Å²) >= 11 is 0. The monoisotopic (exact) mass is 828 g/mol. The van der Waals surface area contributed by atoms with Crippen molar-refractivity contribution in [1.82, 2.24) is 5.32 Å². The molecule has 0 aromatic rings. The zero-order valence-electron chi connectivity index (χ0n) is 35.9. The van der Waals surface area contributed by atoms with E-state index < -0.39 is 57.6 Å². The van der Waals surface area contributed by atoms with Crippen LogP contribution in [0.15, 0.2) is 36.5 Å². The highest BCUT2D eigenvalue weighted by Crippen LogP contribution is 2.43. The van der Waals surface area contributed by atoms with Crippen molar-refractivity contribution in [1.29, 1.82) is 0 Å². The smallest absolute Gasteiger partial charge is 0.472 e. The number of esters is 1. The van der Waals surface area contributed by atoms with Crippen LogP contribution in [0.5, 0.6) is 0 Å². The molecule has 0 aliphatic rings. The van der Waals surface area contributed by atoms with E-state index >= 15 is 0 Å². The van der Waals surface area contributed by atoms with E-state index in [9.17, 15) is 34.1 Å². The topological polar surface area (TPSA) is 169 Å². The van der Waals surface area contributed by atoms with Crippen LogP contribution < -0.4 is 5.32 Å². The summed E-state index contributed by atoms with van der Waals surface area (Å²) < 4.78 is 26.8. The molecule has 11 nitrogen and oxygen atoms in total. The summed E-state index contributed by atoms with van der Waals surface area (Å²) in [5.74, 6) is -2.38. The Balaban J connectivity index is 3.86. The Morgan fingerprint density at radius 3 is 1.47 bits per heavy atom. The van der Waals surface area contributed by atoms with E-state index in [-0.39, 0.29) is 12.8 Å². The van der Waals surface area contributed by atoms with Crippen molar-refractivity contribution in [3.8, 4) is 0 Å². The molecule has 0 saturated carbocycles. The van der Waals surface area contributed by atoms with Crippen LogP contribution in [-0.4, -0.2) is 64.9 Å². The van der Waals surface area contributed by atoms with Crippen LogP contribution in [0.3, 0.4) is 0 Å². The SMILES string of the molecule is CCCCC/C=C\C/C=C\C/C=C\CCCCCCCCCCC(=O)OCC(O)COP(=O)(O)OCC(NC(=O)CCCCCCCCCCCCCC)C(=O)O. The van der Waals surface area contributed by atoms with Crippen molar-refractivity contribution in [2.45, 2.75) is 212 Å². The van der Waals surface area contributed by atoms with E-state index in [1.807, 2.05) is 0 Å². The average molecular weight is 828 g/mol. The molecule has 0 rings (SSSR count). The molecule has 0 spiro atoms. The molecule has 332 valence electrons. The van der Waals surface area contributed by atoms with Gasteiger partial charge in [-0.1, -0.05) is 172 Å². The number of ether oxygens (including phenoxy) is 1. The molecule has 57 heavy (non-hydrogen) atoms. The van der Waals surface area contributed by atoms with E-state index in [1.165, 1.54) is 103 Å². The van der Waals surface area contributed by atoms with Crippen molar-refractivity contribution in [2.75, 3.05) is 19.8 Å². The molecule has 0 aliphatic carbocycles. The van der Waals surface area contributed by atoms with Crippen LogP contribution in [-0.2, 0) is 32.7 Å². The molecule has 0 heterocycles. The van der Waals surface area contributed by atoms with Gasteiger partial charge in [0.1, 0.15) is 12.7 Å². The maximum absolute atomic E-state index is 12.3. The number of amides is 1. The van der Waals surface area contributed by atoms with Crippen LogP contribution in [0.2, 0.25) is 0 Å². The second-order valence-corrected chi connectivity index (χ2v) is 16.7. The number of aliphatic hydroxyl groups excluding tert-OH is 1. The molecule has 0 fully saturated rings. The summed E-state index contributed by atoms with van der Waals surface area (Å²) in [7, 11) is -4.75. The minimum absolute atomic E-state index is 0.148. The van der Waals surface area contributed by atoms with E-state index in [0.29, 0.717) is 12.8 Å². The summed E-state index contributed by atoms with van der Waals surface area (Å²) in [5, 5.41) is 21.8. The maximum Gasteiger partial charge on any atom is 0.472 e. The lowest BCUT2D eigenvalue weighted by molar-refractivity contribution is -0.147. The van der Waals surface area contributed by atoms with Gasteiger partial charge in [-0.25, -0.2) is 9.36 Å². The second kappa shape index (κ2) is 40.5. The first-order chi connectivity index (χ1) is 27.6. The third-order valence-corrected chi connectivity index (χ3v) is 10.6. The Kier molecular flexibility index (Phi) is 38.8. The van der Waals surface area contributed by atoms with Gasteiger partial charge in [-0.15, -0.1) is 0 Å². The summed E-state index contributed by atoms with van der Waals surface area (Å²) in [6.45, 7) is 2.55. The molecular formula is C45H82NO10P. The number of aliphatic carboxylic acids is 1. The molecule has 12 heteroatoms. The Labute approximate surface area is 346 Å². The number of carboxylic acid groups (broad SMARTS) is 1. The van der Waals surface area contributed by atoms with E-state index in [4.69, 9.17) is 13.8 Å². The number of rotatable bonds is 42. The molecule has 0 aromatic heterocycles. The fourth-order valence-corrected chi connectivity index (χ4v) is 6.92. The molecule has 3 unspecified atom stereocenters. The zero-order chi connectivity index (χ0) is 42.1. The minimum atomic E-state index is -4.75. The second-order valence-electron chi connectivity index (χ2n) is 15.2.